The quantitative estimate of drug-likeness (QED) is 0.455. The molecular formula is C23H21Cl2N3OS. The zero-order valence-corrected chi connectivity index (χ0v) is 18.6. The number of rotatable bonds is 3. The maximum absolute atomic E-state index is 12.8. The number of nitrogens with one attached hydrogen (secondary N) is 2. The van der Waals surface area contributed by atoms with E-state index in [1.807, 2.05) is 36.4 Å². The van der Waals surface area contributed by atoms with E-state index in [1.165, 1.54) is 19.3 Å². The number of benzene rings is 3. The van der Waals surface area contributed by atoms with Crippen molar-refractivity contribution in [2.45, 2.75) is 19.3 Å². The molecule has 1 aliphatic heterocycles. The predicted molar refractivity (Wildman–Crippen MR) is 130 cm³/mol. The summed E-state index contributed by atoms with van der Waals surface area (Å²) >= 11 is 18.1. The van der Waals surface area contributed by atoms with Gasteiger partial charge in [0.2, 0.25) is 0 Å². The molecule has 1 heterocycles. The minimum atomic E-state index is -0.295. The summed E-state index contributed by atoms with van der Waals surface area (Å²) in [6, 6.07) is 16.7. The van der Waals surface area contributed by atoms with Gasteiger partial charge in [0.15, 0.2) is 5.11 Å². The maximum atomic E-state index is 12.8. The van der Waals surface area contributed by atoms with Gasteiger partial charge >= 0.3 is 0 Å². The lowest BCUT2D eigenvalue weighted by molar-refractivity contribution is 0.0979. The van der Waals surface area contributed by atoms with Crippen molar-refractivity contribution in [2.24, 2.45) is 0 Å². The molecule has 1 aliphatic rings. The Morgan fingerprint density at radius 2 is 1.63 bits per heavy atom. The Labute approximate surface area is 191 Å². The molecule has 0 spiro atoms. The van der Waals surface area contributed by atoms with Crippen LogP contribution < -0.4 is 15.5 Å². The van der Waals surface area contributed by atoms with Crippen molar-refractivity contribution in [3.05, 3.63) is 70.2 Å². The van der Waals surface area contributed by atoms with Crippen LogP contribution in [0, 0.1) is 0 Å². The van der Waals surface area contributed by atoms with Crippen molar-refractivity contribution in [1.29, 1.82) is 0 Å². The van der Waals surface area contributed by atoms with Crippen LogP contribution in [0.1, 0.15) is 29.6 Å². The van der Waals surface area contributed by atoms with E-state index in [1.54, 1.807) is 18.2 Å². The summed E-state index contributed by atoms with van der Waals surface area (Å²) in [5.41, 5.74) is 2.27. The molecule has 7 heteroatoms. The fraction of sp³-hybridized carbons (Fsp3) is 0.217. The summed E-state index contributed by atoms with van der Waals surface area (Å²) in [6.45, 7) is 2.05. The van der Waals surface area contributed by atoms with Crippen molar-refractivity contribution in [2.75, 3.05) is 23.3 Å². The van der Waals surface area contributed by atoms with Crippen molar-refractivity contribution < 1.29 is 4.79 Å². The summed E-state index contributed by atoms with van der Waals surface area (Å²) in [5, 5.41) is 8.86. The van der Waals surface area contributed by atoms with Crippen molar-refractivity contribution in [1.82, 2.24) is 5.32 Å². The highest BCUT2D eigenvalue weighted by atomic mass is 35.5. The molecule has 0 unspecified atom stereocenters. The average Bonchev–Trinajstić information content (AvgIpc) is 2.74. The van der Waals surface area contributed by atoms with E-state index in [0.717, 1.165) is 35.2 Å². The first-order valence-electron chi connectivity index (χ1n) is 9.87. The van der Waals surface area contributed by atoms with E-state index in [2.05, 4.69) is 15.5 Å². The lowest BCUT2D eigenvalue weighted by Crippen LogP contribution is -2.34. The van der Waals surface area contributed by atoms with Gasteiger partial charge in [-0.15, -0.1) is 0 Å². The second-order valence-corrected chi connectivity index (χ2v) is 8.49. The molecule has 4 rings (SSSR count). The first-order valence-corrected chi connectivity index (χ1v) is 11.0. The Morgan fingerprint density at radius 1 is 0.900 bits per heavy atom. The lowest BCUT2D eigenvalue weighted by atomic mass is 10.0. The van der Waals surface area contributed by atoms with E-state index in [4.69, 9.17) is 35.4 Å². The van der Waals surface area contributed by atoms with E-state index >= 15 is 0 Å². The normalized spacial score (nSPS) is 13.9. The number of nitrogens with zero attached hydrogens (tertiary/aromatic N) is 1. The third kappa shape index (κ3) is 4.53. The van der Waals surface area contributed by atoms with E-state index in [0.29, 0.717) is 15.6 Å². The minimum Gasteiger partial charge on any atom is -0.370 e. The van der Waals surface area contributed by atoms with Crippen molar-refractivity contribution in [3.63, 3.8) is 0 Å². The van der Waals surface area contributed by atoms with Gasteiger partial charge in [0, 0.05) is 34.7 Å². The van der Waals surface area contributed by atoms with Gasteiger partial charge in [-0.25, -0.2) is 0 Å². The third-order valence-electron chi connectivity index (χ3n) is 5.24. The smallest absolute Gasteiger partial charge is 0.258 e. The van der Waals surface area contributed by atoms with E-state index in [9.17, 15) is 4.79 Å². The van der Waals surface area contributed by atoms with E-state index < -0.39 is 0 Å². The Balaban J connectivity index is 1.45. The van der Waals surface area contributed by atoms with Crippen LogP contribution in [0.2, 0.25) is 10.0 Å². The summed E-state index contributed by atoms with van der Waals surface area (Å²) in [4.78, 5) is 15.1. The maximum Gasteiger partial charge on any atom is 0.258 e. The van der Waals surface area contributed by atoms with Crippen molar-refractivity contribution >= 4 is 68.6 Å². The molecule has 4 nitrogen and oxygen atoms in total. The number of carbonyl (C=O) groups excluding carboxylic acids is 1. The highest BCUT2D eigenvalue weighted by Crippen LogP contribution is 2.31. The zero-order valence-electron chi connectivity index (χ0n) is 16.3. The van der Waals surface area contributed by atoms with Crippen LogP contribution in [0.3, 0.4) is 0 Å². The molecule has 1 amide bonds. The van der Waals surface area contributed by atoms with Gasteiger partial charge in [-0.05, 0) is 67.2 Å². The highest BCUT2D eigenvalue weighted by Gasteiger charge is 2.15. The Morgan fingerprint density at radius 3 is 2.40 bits per heavy atom. The highest BCUT2D eigenvalue weighted by molar-refractivity contribution is 7.80. The van der Waals surface area contributed by atoms with Crippen LogP contribution in [0.15, 0.2) is 54.6 Å². The molecule has 0 bridgehead atoms. The van der Waals surface area contributed by atoms with Crippen LogP contribution >= 0.6 is 35.4 Å². The second-order valence-electron chi connectivity index (χ2n) is 7.26. The number of amides is 1. The van der Waals surface area contributed by atoms with Crippen LogP contribution in [-0.2, 0) is 0 Å². The molecule has 1 fully saturated rings. The molecule has 1 saturated heterocycles. The largest absolute Gasteiger partial charge is 0.370 e. The number of piperidine rings is 1. The molecule has 2 N–H and O–H groups in total. The first-order chi connectivity index (χ1) is 14.5. The number of halogens is 2. The molecule has 154 valence electrons. The Hall–Kier alpha value is -2.34. The molecule has 3 aromatic rings. The lowest BCUT2D eigenvalue weighted by Gasteiger charge is -2.29. The van der Waals surface area contributed by atoms with Gasteiger partial charge in [0.05, 0.1) is 10.7 Å². The van der Waals surface area contributed by atoms with E-state index in [-0.39, 0.29) is 11.0 Å². The minimum absolute atomic E-state index is 0.209. The van der Waals surface area contributed by atoms with Crippen LogP contribution in [0.5, 0.6) is 0 Å². The van der Waals surface area contributed by atoms with Gasteiger partial charge in [0.25, 0.3) is 5.91 Å². The molecule has 30 heavy (non-hydrogen) atoms. The number of thiocarbonyl (C=S) groups is 1. The first kappa shape index (κ1) is 20.9. The summed E-state index contributed by atoms with van der Waals surface area (Å²) < 4.78 is 0. The molecular weight excluding hydrogens is 437 g/mol. The summed E-state index contributed by atoms with van der Waals surface area (Å²) in [5.74, 6) is -0.295. The third-order valence-corrected chi connectivity index (χ3v) is 6.08. The fourth-order valence-electron chi connectivity index (χ4n) is 3.78. The molecule has 0 radical (unpaired) electrons. The van der Waals surface area contributed by atoms with Crippen LogP contribution in [0.4, 0.5) is 11.4 Å². The van der Waals surface area contributed by atoms with Gasteiger partial charge < -0.3 is 10.2 Å². The van der Waals surface area contributed by atoms with Crippen molar-refractivity contribution in [3.8, 4) is 0 Å². The predicted octanol–water partition coefficient (Wildman–Crippen LogP) is 6.26. The fourth-order valence-corrected chi connectivity index (χ4v) is 4.53. The molecule has 0 aliphatic carbocycles. The molecule has 0 aromatic heterocycles. The Bertz CT molecular complexity index is 1110. The number of hydrogen-bond acceptors (Lipinski definition) is 3. The van der Waals surface area contributed by atoms with Gasteiger partial charge in [-0.3, -0.25) is 10.1 Å². The standard InChI is InChI=1S/C23H21Cl2N3OS/c24-19-9-5-6-16-17(19)7-4-8-18(16)22(29)27-23(30)26-15-10-11-21(20(25)14-15)28-12-2-1-3-13-28/h4-11,14H,1-3,12-13H2,(H2,26,27,29,30). The molecule has 0 atom stereocenters. The van der Waals surface area contributed by atoms with Crippen LogP contribution in [0.25, 0.3) is 10.8 Å². The zero-order chi connectivity index (χ0) is 21.1. The Kier molecular flexibility index (Phi) is 6.42. The monoisotopic (exact) mass is 457 g/mol. The SMILES string of the molecule is O=C(NC(=S)Nc1ccc(N2CCCCC2)c(Cl)c1)c1cccc2c(Cl)cccc12. The molecule has 0 saturated carbocycles. The number of anilines is 2. The summed E-state index contributed by atoms with van der Waals surface area (Å²) in [6.07, 6.45) is 3.64. The number of fused-ring (bicyclic) bond motifs is 1. The van der Waals surface area contributed by atoms with Gasteiger partial charge in [-0.2, -0.15) is 0 Å². The molecule has 3 aromatic carbocycles. The average molecular weight is 458 g/mol. The van der Waals surface area contributed by atoms with Crippen LogP contribution in [-0.4, -0.2) is 24.1 Å². The number of carbonyl (C=O) groups is 1. The second kappa shape index (κ2) is 9.21. The van der Waals surface area contributed by atoms with Gasteiger partial charge in [-0.1, -0.05) is 47.5 Å². The number of hydrogen-bond donors (Lipinski definition) is 2. The summed E-state index contributed by atoms with van der Waals surface area (Å²) in [7, 11) is 0. The van der Waals surface area contributed by atoms with Gasteiger partial charge in [0.1, 0.15) is 0 Å². The topological polar surface area (TPSA) is 44.4 Å².